The Balaban J connectivity index is 2.06. The van der Waals surface area contributed by atoms with Crippen molar-refractivity contribution in [3.05, 3.63) is 34.6 Å². The maximum atomic E-state index is 13.9. The van der Waals surface area contributed by atoms with E-state index < -0.39 is 0 Å². The van der Waals surface area contributed by atoms with E-state index in [9.17, 15) is 4.39 Å². The van der Waals surface area contributed by atoms with Crippen LogP contribution in [0.15, 0.2) is 18.2 Å². The SMILES string of the molecule is CCCNC(CCC1CC1)c1cc(Cl)ccc1F. The summed E-state index contributed by atoms with van der Waals surface area (Å²) in [5.41, 5.74) is 0.719. The lowest BCUT2D eigenvalue weighted by Crippen LogP contribution is -2.23. The van der Waals surface area contributed by atoms with E-state index in [0.29, 0.717) is 5.02 Å². The van der Waals surface area contributed by atoms with Gasteiger partial charge in [-0.05, 0) is 49.9 Å². The second-order valence-electron chi connectivity index (χ2n) is 5.19. The average Bonchev–Trinajstić information content (AvgIpc) is 3.17. The van der Waals surface area contributed by atoms with Gasteiger partial charge in [0.05, 0.1) is 0 Å². The molecule has 1 saturated carbocycles. The summed E-state index contributed by atoms with van der Waals surface area (Å²) in [6.45, 7) is 3.04. The number of benzene rings is 1. The van der Waals surface area contributed by atoms with Crippen molar-refractivity contribution >= 4 is 11.6 Å². The zero-order valence-electron chi connectivity index (χ0n) is 10.9. The molecular formula is C15H21ClFN. The number of halogens is 2. The Morgan fingerprint density at radius 3 is 2.89 bits per heavy atom. The highest BCUT2D eigenvalue weighted by atomic mass is 35.5. The van der Waals surface area contributed by atoms with Crippen LogP contribution in [0.4, 0.5) is 4.39 Å². The van der Waals surface area contributed by atoms with E-state index in [2.05, 4.69) is 12.2 Å². The normalized spacial score (nSPS) is 16.8. The van der Waals surface area contributed by atoms with Crippen molar-refractivity contribution < 1.29 is 4.39 Å². The Bertz CT molecular complexity index is 390. The lowest BCUT2D eigenvalue weighted by Gasteiger charge is -2.20. The first-order valence-corrected chi connectivity index (χ1v) is 7.26. The number of hydrogen-bond acceptors (Lipinski definition) is 1. The van der Waals surface area contributed by atoms with Gasteiger partial charge in [-0.1, -0.05) is 31.4 Å². The number of rotatable bonds is 7. The number of hydrogen-bond donors (Lipinski definition) is 1. The van der Waals surface area contributed by atoms with Crippen molar-refractivity contribution in [1.29, 1.82) is 0 Å². The molecule has 2 rings (SSSR count). The molecular weight excluding hydrogens is 249 g/mol. The minimum atomic E-state index is -0.149. The highest BCUT2D eigenvalue weighted by molar-refractivity contribution is 6.30. The monoisotopic (exact) mass is 269 g/mol. The Labute approximate surface area is 114 Å². The van der Waals surface area contributed by atoms with Crippen LogP contribution in [0.1, 0.15) is 50.6 Å². The molecule has 1 fully saturated rings. The Morgan fingerprint density at radius 1 is 1.44 bits per heavy atom. The molecule has 1 aromatic rings. The summed E-state index contributed by atoms with van der Waals surface area (Å²) in [5, 5.41) is 4.05. The standard InChI is InChI=1S/C15H21ClFN/c1-2-9-18-15(8-5-11-3-4-11)13-10-12(16)6-7-14(13)17/h6-7,10-11,15,18H,2-5,8-9H2,1H3. The molecule has 0 aliphatic heterocycles. The summed E-state index contributed by atoms with van der Waals surface area (Å²) in [6.07, 6.45) is 5.94. The number of nitrogens with one attached hydrogen (secondary N) is 1. The van der Waals surface area contributed by atoms with Gasteiger partial charge in [-0.15, -0.1) is 0 Å². The van der Waals surface area contributed by atoms with Gasteiger partial charge in [0.25, 0.3) is 0 Å². The molecule has 0 amide bonds. The van der Waals surface area contributed by atoms with Crippen LogP contribution in [-0.4, -0.2) is 6.54 Å². The Hall–Kier alpha value is -0.600. The first kappa shape index (κ1) is 13.8. The van der Waals surface area contributed by atoms with Gasteiger partial charge in [-0.25, -0.2) is 4.39 Å². The van der Waals surface area contributed by atoms with E-state index in [1.807, 2.05) is 0 Å². The first-order valence-electron chi connectivity index (χ1n) is 6.89. The van der Waals surface area contributed by atoms with Crippen LogP contribution < -0.4 is 5.32 Å². The van der Waals surface area contributed by atoms with Gasteiger partial charge in [0.15, 0.2) is 0 Å². The van der Waals surface area contributed by atoms with Gasteiger partial charge < -0.3 is 5.32 Å². The van der Waals surface area contributed by atoms with Gasteiger partial charge in [-0.2, -0.15) is 0 Å². The van der Waals surface area contributed by atoms with Crippen LogP contribution in [0, 0.1) is 11.7 Å². The third kappa shape index (κ3) is 3.96. The highest BCUT2D eigenvalue weighted by Crippen LogP contribution is 2.36. The predicted molar refractivity (Wildman–Crippen MR) is 74.4 cm³/mol. The lowest BCUT2D eigenvalue weighted by atomic mass is 9.99. The Morgan fingerprint density at radius 2 is 2.22 bits per heavy atom. The smallest absolute Gasteiger partial charge is 0.128 e. The molecule has 18 heavy (non-hydrogen) atoms. The fraction of sp³-hybridized carbons (Fsp3) is 0.600. The molecule has 1 atom stereocenters. The summed E-state index contributed by atoms with van der Waals surface area (Å²) < 4.78 is 13.9. The summed E-state index contributed by atoms with van der Waals surface area (Å²) >= 11 is 5.98. The minimum absolute atomic E-state index is 0.101. The third-order valence-corrected chi connectivity index (χ3v) is 3.77. The van der Waals surface area contributed by atoms with Crippen molar-refractivity contribution in [3.8, 4) is 0 Å². The van der Waals surface area contributed by atoms with Gasteiger partial charge in [0.2, 0.25) is 0 Å². The molecule has 1 unspecified atom stereocenters. The predicted octanol–water partition coefficient (Wildman–Crippen LogP) is 4.71. The fourth-order valence-electron chi connectivity index (χ4n) is 2.28. The van der Waals surface area contributed by atoms with Crippen LogP contribution in [0.3, 0.4) is 0 Å². The summed E-state index contributed by atoms with van der Waals surface area (Å²) in [4.78, 5) is 0. The molecule has 0 spiro atoms. The van der Waals surface area contributed by atoms with Crippen molar-refractivity contribution in [3.63, 3.8) is 0 Å². The third-order valence-electron chi connectivity index (χ3n) is 3.53. The molecule has 1 nitrogen and oxygen atoms in total. The summed E-state index contributed by atoms with van der Waals surface area (Å²) in [7, 11) is 0. The van der Waals surface area contributed by atoms with E-state index in [4.69, 9.17) is 11.6 Å². The average molecular weight is 270 g/mol. The first-order chi connectivity index (χ1) is 8.70. The molecule has 1 aliphatic rings. The second kappa shape index (κ2) is 6.53. The maximum absolute atomic E-state index is 13.9. The molecule has 1 aromatic carbocycles. The lowest BCUT2D eigenvalue weighted by molar-refractivity contribution is 0.450. The Kier molecular flexibility index (Phi) is 5.02. The maximum Gasteiger partial charge on any atom is 0.128 e. The summed E-state index contributed by atoms with van der Waals surface area (Å²) in [5.74, 6) is 0.724. The summed E-state index contributed by atoms with van der Waals surface area (Å²) in [6, 6.07) is 4.94. The van der Waals surface area contributed by atoms with E-state index in [0.717, 1.165) is 30.9 Å². The topological polar surface area (TPSA) is 12.0 Å². The minimum Gasteiger partial charge on any atom is -0.310 e. The van der Waals surface area contributed by atoms with Crippen LogP contribution in [0.2, 0.25) is 5.02 Å². The molecule has 100 valence electrons. The van der Waals surface area contributed by atoms with Crippen molar-refractivity contribution in [2.45, 2.75) is 45.1 Å². The second-order valence-corrected chi connectivity index (χ2v) is 5.63. The van der Waals surface area contributed by atoms with Gasteiger partial charge >= 0.3 is 0 Å². The van der Waals surface area contributed by atoms with Gasteiger partial charge in [0.1, 0.15) is 5.82 Å². The van der Waals surface area contributed by atoms with Crippen molar-refractivity contribution in [1.82, 2.24) is 5.32 Å². The molecule has 0 aromatic heterocycles. The van der Waals surface area contributed by atoms with Crippen molar-refractivity contribution in [2.24, 2.45) is 5.92 Å². The van der Waals surface area contributed by atoms with Crippen LogP contribution in [0.5, 0.6) is 0 Å². The van der Waals surface area contributed by atoms with E-state index in [1.165, 1.54) is 25.3 Å². The van der Waals surface area contributed by atoms with Crippen LogP contribution in [0.25, 0.3) is 0 Å². The van der Waals surface area contributed by atoms with E-state index in [-0.39, 0.29) is 11.9 Å². The fourth-order valence-corrected chi connectivity index (χ4v) is 2.46. The quantitative estimate of drug-likeness (QED) is 0.756. The van der Waals surface area contributed by atoms with E-state index in [1.54, 1.807) is 12.1 Å². The highest BCUT2D eigenvalue weighted by Gasteiger charge is 2.24. The molecule has 1 aliphatic carbocycles. The van der Waals surface area contributed by atoms with Gasteiger partial charge in [-0.3, -0.25) is 0 Å². The molecule has 0 heterocycles. The molecule has 0 saturated heterocycles. The largest absolute Gasteiger partial charge is 0.310 e. The molecule has 0 bridgehead atoms. The van der Waals surface area contributed by atoms with Crippen LogP contribution in [-0.2, 0) is 0 Å². The van der Waals surface area contributed by atoms with Gasteiger partial charge in [0, 0.05) is 16.6 Å². The molecule has 0 radical (unpaired) electrons. The van der Waals surface area contributed by atoms with E-state index >= 15 is 0 Å². The zero-order chi connectivity index (χ0) is 13.0. The zero-order valence-corrected chi connectivity index (χ0v) is 11.6. The van der Waals surface area contributed by atoms with Crippen molar-refractivity contribution in [2.75, 3.05) is 6.54 Å². The molecule has 3 heteroatoms. The molecule has 1 N–H and O–H groups in total. The van der Waals surface area contributed by atoms with Crippen LogP contribution >= 0.6 is 11.6 Å².